The van der Waals surface area contributed by atoms with Crippen molar-refractivity contribution in [1.29, 1.82) is 0 Å². The van der Waals surface area contributed by atoms with Crippen LogP contribution in [0.15, 0.2) is 12.1 Å². The van der Waals surface area contributed by atoms with Crippen LogP contribution in [0.5, 0.6) is 0 Å². The first kappa shape index (κ1) is 17.9. The van der Waals surface area contributed by atoms with Gasteiger partial charge in [0.05, 0.1) is 6.61 Å². The zero-order valence-corrected chi connectivity index (χ0v) is 14.0. The molecule has 0 saturated carbocycles. The van der Waals surface area contributed by atoms with E-state index >= 15 is 0 Å². The molecule has 3 nitrogen and oxygen atoms in total. The van der Waals surface area contributed by atoms with Gasteiger partial charge < -0.3 is 15.0 Å². The van der Waals surface area contributed by atoms with Gasteiger partial charge in [-0.25, -0.2) is 4.39 Å². The van der Waals surface area contributed by atoms with Gasteiger partial charge in [0.2, 0.25) is 0 Å². The van der Waals surface area contributed by atoms with E-state index < -0.39 is 0 Å². The molecule has 1 atom stereocenters. The third kappa shape index (κ3) is 5.29. The average Bonchev–Trinajstić information content (AvgIpc) is 2.47. The molecule has 4 heteroatoms. The van der Waals surface area contributed by atoms with Crippen molar-refractivity contribution in [3.8, 4) is 0 Å². The highest BCUT2D eigenvalue weighted by Crippen LogP contribution is 2.28. The first-order chi connectivity index (χ1) is 10.0. The maximum Gasteiger partial charge on any atom is 0.126 e. The van der Waals surface area contributed by atoms with E-state index in [-0.39, 0.29) is 11.9 Å². The van der Waals surface area contributed by atoms with Crippen molar-refractivity contribution in [2.24, 2.45) is 0 Å². The lowest BCUT2D eigenvalue weighted by Gasteiger charge is -2.26. The molecule has 0 bridgehead atoms. The predicted octanol–water partition coefficient (Wildman–Crippen LogP) is 3.67. The van der Waals surface area contributed by atoms with Gasteiger partial charge in [0.25, 0.3) is 0 Å². The number of hydrogen-bond donors (Lipinski definition) is 1. The van der Waals surface area contributed by atoms with E-state index in [1.807, 2.05) is 27.0 Å². The van der Waals surface area contributed by atoms with Crippen LogP contribution in [0.3, 0.4) is 0 Å². The van der Waals surface area contributed by atoms with Crippen LogP contribution >= 0.6 is 0 Å². The molecular formula is C17H29FN2O. The van der Waals surface area contributed by atoms with Crippen LogP contribution in [0.4, 0.5) is 10.1 Å². The molecule has 0 aromatic heterocycles. The van der Waals surface area contributed by atoms with Crippen LogP contribution in [0.2, 0.25) is 0 Å². The van der Waals surface area contributed by atoms with E-state index in [9.17, 15) is 4.39 Å². The standard InChI is InChI=1S/C17H29FN2O/c1-6-8-19-14(4)15-12-16(18)13(3)11-17(15)20(5)9-10-21-7-2/h11-12,14,19H,6-10H2,1-5H3. The minimum absolute atomic E-state index is 0.129. The Balaban J connectivity index is 2.96. The molecule has 0 saturated heterocycles. The number of benzene rings is 1. The maximum atomic E-state index is 13.9. The summed E-state index contributed by atoms with van der Waals surface area (Å²) >= 11 is 0. The lowest BCUT2D eigenvalue weighted by atomic mass is 10.0. The van der Waals surface area contributed by atoms with E-state index in [0.717, 1.165) is 37.4 Å². The lowest BCUT2D eigenvalue weighted by Crippen LogP contribution is -2.27. The van der Waals surface area contributed by atoms with E-state index in [1.54, 1.807) is 6.07 Å². The average molecular weight is 296 g/mol. The molecule has 0 fully saturated rings. The molecule has 1 aromatic rings. The molecule has 120 valence electrons. The largest absolute Gasteiger partial charge is 0.380 e. The van der Waals surface area contributed by atoms with Crippen molar-refractivity contribution in [2.75, 3.05) is 38.3 Å². The summed E-state index contributed by atoms with van der Waals surface area (Å²) in [6.07, 6.45) is 1.06. The summed E-state index contributed by atoms with van der Waals surface area (Å²) in [6.45, 7) is 11.1. The second kappa shape index (κ2) is 9.00. The lowest BCUT2D eigenvalue weighted by molar-refractivity contribution is 0.154. The fraction of sp³-hybridized carbons (Fsp3) is 0.647. The van der Waals surface area contributed by atoms with Crippen molar-refractivity contribution in [3.05, 3.63) is 29.1 Å². The van der Waals surface area contributed by atoms with Crippen LogP contribution in [-0.2, 0) is 4.74 Å². The topological polar surface area (TPSA) is 24.5 Å². The first-order valence-electron chi connectivity index (χ1n) is 7.83. The van der Waals surface area contributed by atoms with Gasteiger partial charge in [0, 0.05) is 31.9 Å². The number of rotatable bonds is 9. The van der Waals surface area contributed by atoms with Gasteiger partial charge in [-0.1, -0.05) is 6.92 Å². The second-order valence-corrected chi connectivity index (χ2v) is 5.45. The van der Waals surface area contributed by atoms with Crippen LogP contribution in [0, 0.1) is 12.7 Å². The predicted molar refractivity (Wildman–Crippen MR) is 87.6 cm³/mol. The molecule has 0 radical (unpaired) electrons. The minimum Gasteiger partial charge on any atom is -0.380 e. The molecule has 0 aliphatic rings. The Kier molecular flexibility index (Phi) is 7.68. The Labute approximate surface area is 128 Å². The third-order valence-electron chi connectivity index (χ3n) is 3.66. The monoisotopic (exact) mass is 296 g/mol. The molecule has 1 N–H and O–H groups in total. The van der Waals surface area contributed by atoms with Crippen molar-refractivity contribution in [2.45, 2.75) is 40.2 Å². The molecule has 0 amide bonds. The summed E-state index contributed by atoms with van der Waals surface area (Å²) in [5.41, 5.74) is 2.76. The zero-order valence-electron chi connectivity index (χ0n) is 14.0. The molecular weight excluding hydrogens is 267 g/mol. The van der Waals surface area contributed by atoms with Crippen LogP contribution < -0.4 is 10.2 Å². The summed E-state index contributed by atoms with van der Waals surface area (Å²) in [5.74, 6) is -0.142. The molecule has 0 aliphatic heterocycles. The molecule has 1 aromatic carbocycles. The number of nitrogens with zero attached hydrogens (tertiary/aromatic N) is 1. The van der Waals surface area contributed by atoms with Crippen molar-refractivity contribution >= 4 is 5.69 Å². The van der Waals surface area contributed by atoms with Crippen molar-refractivity contribution in [1.82, 2.24) is 5.32 Å². The summed E-state index contributed by atoms with van der Waals surface area (Å²) in [7, 11) is 2.03. The Morgan fingerprint density at radius 1 is 1.33 bits per heavy atom. The summed E-state index contributed by atoms with van der Waals surface area (Å²) in [5, 5.41) is 3.43. The number of nitrogens with one attached hydrogen (secondary N) is 1. The van der Waals surface area contributed by atoms with Crippen LogP contribution in [0.1, 0.15) is 44.4 Å². The smallest absolute Gasteiger partial charge is 0.126 e. The summed E-state index contributed by atoms with van der Waals surface area (Å²) < 4.78 is 19.4. The Morgan fingerprint density at radius 2 is 2.05 bits per heavy atom. The summed E-state index contributed by atoms with van der Waals surface area (Å²) in [4.78, 5) is 2.14. The number of hydrogen-bond acceptors (Lipinski definition) is 3. The molecule has 0 spiro atoms. The maximum absolute atomic E-state index is 13.9. The van der Waals surface area contributed by atoms with Gasteiger partial charge in [-0.15, -0.1) is 0 Å². The first-order valence-corrected chi connectivity index (χ1v) is 7.83. The van der Waals surface area contributed by atoms with E-state index in [1.165, 1.54) is 0 Å². The highest BCUT2D eigenvalue weighted by atomic mass is 19.1. The highest BCUT2D eigenvalue weighted by Gasteiger charge is 2.16. The normalized spacial score (nSPS) is 12.5. The van der Waals surface area contributed by atoms with Crippen LogP contribution in [-0.4, -0.2) is 33.4 Å². The zero-order chi connectivity index (χ0) is 15.8. The van der Waals surface area contributed by atoms with Gasteiger partial charge in [-0.3, -0.25) is 0 Å². The number of anilines is 1. The summed E-state index contributed by atoms with van der Waals surface area (Å²) in [6, 6.07) is 3.72. The van der Waals surface area contributed by atoms with Gasteiger partial charge in [0.1, 0.15) is 5.82 Å². The van der Waals surface area contributed by atoms with Gasteiger partial charge in [0.15, 0.2) is 0 Å². The molecule has 0 aliphatic carbocycles. The third-order valence-corrected chi connectivity index (χ3v) is 3.66. The van der Waals surface area contributed by atoms with E-state index in [4.69, 9.17) is 4.74 Å². The fourth-order valence-corrected chi connectivity index (χ4v) is 2.30. The fourth-order valence-electron chi connectivity index (χ4n) is 2.30. The van der Waals surface area contributed by atoms with Gasteiger partial charge >= 0.3 is 0 Å². The van der Waals surface area contributed by atoms with E-state index in [0.29, 0.717) is 12.2 Å². The number of halogens is 1. The number of ether oxygens (including phenoxy) is 1. The van der Waals surface area contributed by atoms with Crippen molar-refractivity contribution < 1.29 is 9.13 Å². The van der Waals surface area contributed by atoms with Crippen LogP contribution in [0.25, 0.3) is 0 Å². The quantitative estimate of drug-likeness (QED) is 0.704. The Morgan fingerprint density at radius 3 is 2.67 bits per heavy atom. The molecule has 0 heterocycles. The molecule has 1 rings (SSSR count). The minimum atomic E-state index is -0.142. The molecule has 1 unspecified atom stereocenters. The van der Waals surface area contributed by atoms with Crippen molar-refractivity contribution in [3.63, 3.8) is 0 Å². The van der Waals surface area contributed by atoms with Gasteiger partial charge in [-0.05, 0) is 57.0 Å². The highest BCUT2D eigenvalue weighted by molar-refractivity contribution is 5.56. The van der Waals surface area contributed by atoms with Gasteiger partial charge in [-0.2, -0.15) is 0 Å². The Hall–Kier alpha value is -1.13. The number of aryl methyl sites for hydroxylation is 1. The number of likely N-dealkylation sites (N-methyl/N-ethyl adjacent to an activating group) is 1. The van der Waals surface area contributed by atoms with E-state index in [2.05, 4.69) is 24.1 Å². The Bertz CT molecular complexity index is 437. The second-order valence-electron chi connectivity index (χ2n) is 5.45. The SMILES string of the molecule is CCCNC(C)c1cc(F)c(C)cc1N(C)CCOCC. The molecule has 21 heavy (non-hydrogen) atoms.